The third-order valence-corrected chi connectivity index (χ3v) is 5.53. The van der Waals surface area contributed by atoms with Gasteiger partial charge in [0.1, 0.15) is 23.7 Å². The second kappa shape index (κ2) is 11.2. The molecule has 0 bridgehead atoms. The van der Waals surface area contributed by atoms with Crippen molar-refractivity contribution in [3.8, 4) is 0 Å². The number of hydrogen-bond acceptors (Lipinski definition) is 5. The lowest BCUT2D eigenvalue weighted by Crippen LogP contribution is -2.57. The lowest BCUT2D eigenvalue weighted by atomic mass is 10.00. The second-order valence-corrected chi connectivity index (χ2v) is 7.68. The van der Waals surface area contributed by atoms with E-state index in [0.717, 1.165) is 30.6 Å². The number of hydrogen-bond donors (Lipinski definition) is 1. The lowest BCUT2D eigenvalue weighted by Gasteiger charge is -2.43. The van der Waals surface area contributed by atoms with Crippen LogP contribution in [0, 0.1) is 0 Å². The Bertz CT molecular complexity index is 470. The molecule has 4 nitrogen and oxygen atoms in total. The lowest BCUT2D eigenvalue weighted by molar-refractivity contribution is -0.223. The minimum absolute atomic E-state index is 0.118. The zero-order valence-corrected chi connectivity index (χ0v) is 16.4. The van der Waals surface area contributed by atoms with Crippen LogP contribution in [0.2, 0.25) is 0 Å². The highest BCUT2D eigenvalue weighted by Gasteiger charge is 2.45. The van der Waals surface area contributed by atoms with Gasteiger partial charge in [0.2, 0.25) is 0 Å². The summed E-state index contributed by atoms with van der Waals surface area (Å²) >= 11 is 1.54. The third kappa shape index (κ3) is 6.26. The first-order chi connectivity index (χ1) is 12.2. The zero-order valence-electron chi connectivity index (χ0n) is 15.6. The fraction of sp³-hybridized carbons (Fsp3) is 0.700. The fourth-order valence-corrected chi connectivity index (χ4v) is 3.98. The number of rotatable bonds is 10. The number of ether oxygens (including phenoxy) is 3. The number of benzene rings is 1. The summed E-state index contributed by atoms with van der Waals surface area (Å²) in [4.78, 5) is 1.08. The largest absolute Gasteiger partial charge is 0.387 e. The molecule has 0 unspecified atom stereocenters. The highest BCUT2D eigenvalue weighted by atomic mass is 32.2. The predicted octanol–water partition coefficient (Wildman–Crippen LogP) is 4.26. The summed E-state index contributed by atoms with van der Waals surface area (Å²) in [5.41, 5.74) is -0.352. The topological polar surface area (TPSA) is 47.9 Å². The van der Waals surface area contributed by atoms with Crippen molar-refractivity contribution in [3.05, 3.63) is 30.3 Å². The number of thioether (sulfide) groups is 1. The third-order valence-electron chi connectivity index (χ3n) is 4.36. The van der Waals surface area contributed by atoms with Crippen molar-refractivity contribution in [2.45, 2.75) is 81.2 Å². The van der Waals surface area contributed by atoms with Crippen molar-refractivity contribution in [1.82, 2.24) is 0 Å². The Kier molecular flexibility index (Phi) is 9.28. The molecule has 1 aromatic carbocycles. The first-order valence-electron chi connectivity index (χ1n) is 9.45. The van der Waals surface area contributed by atoms with E-state index in [0.29, 0.717) is 13.2 Å². The standard InChI is InChI=1S/C20H32O4S/c1-4-6-13-22-18-15(3)24-20(25-16-11-9-8-10-12-16)17(21)19(18)23-14-7-5-2/h8-12,15,17-21H,4-7,13-14H2,1-3H3/t15-,17+,18-,19-,20-/m0/s1. The van der Waals surface area contributed by atoms with Gasteiger partial charge >= 0.3 is 0 Å². The molecule has 0 aromatic heterocycles. The van der Waals surface area contributed by atoms with Gasteiger partial charge in [-0.05, 0) is 31.9 Å². The fourth-order valence-electron chi connectivity index (χ4n) is 2.87. The molecule has 5 atom stereocenters. The van der Waals surface area contributed by atoms with Crippen molar-refractivity contribution in [1.29, 1.82) is 0 Å². The quantitative estimate of drug-likeness (QED) is 0.626. The van der Waals surface area contributed by atoms with Crippen molar-refractivity contribution in [3.63, 3.8) is 0 Å². The van der Waals surface area contributed by atoms with E-state index in [1.54, 1.807) is 11.8 Å². The van der Waals surface area contributed by atoms with Gasteiger partial charge < -0.3 is 19.3 Å². The van der Waals surface area contributed by atoms with Crippen molar-refractivity contribution < 1.29 is 19.3 Å². The zero-order chi connectivity index (χ0) is 18.1. The molecule has 1 heterocycles. The van der Waals surface area contributed by atoms with Gasteiger partial charge in [-0.15, -0.1) is 0 Å². The average Bonchev–Trinajstić information content (AvgIpc) is 2.62. The van der Waals surface area contributed by atoms with E-state index in [1.807, 2.05) is 37.3 Å². The molecule has 25 heavy (non-hydrogen) atoms. The molecule has 1 fully saturated rings. The Morgan fingerprint density at radius 1 is 1.00 bits per heavy atom. The maximum absolute atomic E-state index is 10.9. The van der Waals surface area contributed by atoms with Gasteiger partial charge in [0.15, 0.2) is 0 Å². The molecule has 1 aliphatic heterocycles. The Labute approximate surface area is 156 Å². The SMILES string of the molecule is CCCCO[C@@H]1[C@@H](OCCCC)[C@@H](O)[C@H](Sc2ccccc2)O[C@H]1C. The molecule has 142 valence electrons. The van der Waals surface area contributed by atoms with Gasteiger partial charge in [-0.25, -0.2) is 0 Å². The Morgan fingerprint density at radius 2 is 1.60 bits per heavy atom. The minimum Gasteiger partial charge on any atom is -0.387 e. The van der Waals surface area contributed by atoms with E-state index in [4.69, 9.17) is 14.2 Å². The molecular weight excluding hydrogens is 336 g/mol. The predicted molar refractivity (Wildman–Crippen MR) is 102 cm³/mol. The number of aliphatic hydroxyl groups excluding tert-OH is 1. The maximum atomic E-state index is 10.9. The number of unbranched alkanes of at least 4 members (excludes halogenated alkanes) is 2. The monoisotopic (exact) mass is 368 g/mol. The van der Waals surface area contributed by atoms with Crippen LogP contribution >= 0.6 is 11.8 Å². The van der Waals surface area contributed by atoms with Crippen LogP contribution in [-0.2, 0) is 14.2 Å². The van der Waals surface area contributed by atoms with E-state index in [-0.39, 0.29) is 23.7 Å². The molecular formula is C20H32O4S. The van der Waals surface area contributed by atoms with Gasteiger partial charge in [0.25, 0.3) is 0 Å². The summed E-state index contributed by atoms with van der Waals surface area (Å²) in [5.74, 6) is 0. The molecule has 0 spiro atoms. The first-order valence-corrected chi connectivity index (χ1v) is 10.3. The van der Waals surface area contributed by atoms with Crippen LogP contribution in [0.1, 0.15) is 46.5 Å². The summed E-state index contributed by atoms with van der Waals surface area (Å²) in [6.45, 7) is 7.60. The van der Waals surface area contributed by atoms with Gasteiger partial charge in [-0.2, -0.15) is 0 Å². The van der Waals surface area contributed by atoms with Crippen molar-refractivity contribution in [2.24, 2.45) is 0 Å². The molecule has 0 radical (unpaired) electrons. The summed E-state index contributed by atoms with van der Waals surface area (Å²) < 4.78 is 18.2. The molecule has 1 aliphatic rings. The molecule has 1 N–H and O–H groups in total. The smallest absolute Gasteiger partial charge is 0.136 e. The van der Waals surface area contributed by atoms with E-state index in [9.17, 15) is 5.11 Å². The number of aliphatic hydroxyl groups is 1. The Balaban J connectivity index is 2.04. The van der Waals surface area contributed by atoms with E-state index in [1.165, 1.54) is 0 Å². The summed E-state index contributed by atoms with van der Waals surface area (Å²) in [6.07, 6.45) is 2.72. The molecule has 0 aliphatic carbocycles. The van der Waals surface area contributed by atoms with Crippen LogP contribution in [-0.4, -0.2) is 48.2 Å². The maximum Gasteiger partial charge on any atom is 0.136 e. The highest BCUT2D eigenvalue weighted by Crippen LogP contribution is 2.35. The normalized spacial score (nSPS) is 29.7. The molecule has 1 saturated heterocycles. The summed E-state index contributed by atoms with van der Waals surface area (Å²) in [7, 11) is 0. The molecule has 5 heteroatoms. The molecule has 2 rings (SSSR count). The first kappa shape index (κ1) is 20.7. The highest BCUT2D eigenvalue weighted by molar-refractivity contribution is 7.99. The summed E-state index contributed by atoms with van der Waals surface area (Å²) in [5, 5.41) is 10.9. The van der Waals surface area contributed by atoms with Crippen LogP contribution < -0.4 is 0 Å². The van der Waals surface area contributed by atoms with Crippen LogP contribution in [0.4, 0.5) is 0 Å². The minimum atomic E-state index is -0.718. The van der Waals surface area contributed by atoms with Gasteiger partial charge in [-0.3, -0.25) is 0 Å². The molecule has 0 amide bonds. The van der Waals surface area contributed by atoms with Crippen molar-refractivity contribution in [2.75, 3.05) is 13.2 Å². The van der Waals surface area contributed by atoms with Crippen LogP contribution in [0.15, 0.2) is 35.2 Å². The van der Waals surface area contributed by atoms with Crippen LogP contribution in [0.3, 0.4) is 0 Å². The molecule has 1 aromatic rings. The van der Waals surface area contributed by atoms with Crippen LogP contribution in [0.5, 0.6) is 0 Å². The van der Waals surface area contributed by atoms with E-state index >= 15 is 0 Å². The van der Waals surface area contributed by atoms with Gasteiger partial charge in [0, 0.05) is 18.1 Å². The van der Waals surface area contributed by atoms with Gasteiger partial charge in [0.05, 0.1) is 6.10 Å². The van der Waals surface area contributed by atoms with Crippen molar-refractivity contribution >= 4 is 11.8 Å². The Hall–Kier alpha value is -0.590. The van der Waals surface area contributed by atoms with E-state index in [2.05, 4.69) is 13.8 Å². The average molecular weight is 369 g/mol. The Morgan fingerprint density at radius 3 is 2.20 bits per heavy atom. The van der Waals surface area contributed by atoms with E-state index < -0.39 is 6.10 Å². The van der Waals surface area contributed by atoms with Gasteiger partial charge in [-0.1, -0.05) is 56.7 Å². The molecule has 0 saturated carbocycles. The van der Waals surface area contributed by atoms with Crippen LogP contribution in [0.25, 0.3) is 0 Å². The second-order valence-electron chi connectivity index (χ2n) is 6.51. The summed E-state index contributed by atoms with van der Waals surface area (Å²) in [6, 6.07) is 10.0.